The number of rotatable bonds is 11. The van der Waals surface area contributed by atoms with Crippen LogP contribution in [0.3, 0.4) is 0 Å². The molecule has 4 atom stereocenters. The third kappa shape index (κ3) is 5.82. The summed E-state index contributed by atoms with van der Waals surface area (Å²) in [6, 6.07) is 22.5. The molecule has 0 unspecified atom stereocenters. The van der Waals surface area contributed by atoms with Crippen molar-refractivity contribution in [1.29, 1.82) is 0 Å². The SMILES string of the molecule is C[C@@H]1[C@@H]([Si](C)(C)F)[C@H](CC(=O)N(CCO)Cc2ccccc2)O[C@@]12C(=O)N(Cc1cccc(N3CCC3=O)c1)c1ccc(N3CCC3=O)cc12. The maximum absolute atomic E-state index is 16.5. The number of carbonyl (C=O) groups excluding carboxylic acids is 4. The molecule has 0 radical (unpaired) electrons. The van der Waals surface area contributed by atoms with Gasteiger partial charge in [-0.05, 0) is 54.6 Å². The van der Waals surface area contributed by atoms with Crippen LogP contribution in [0.1, 0.15) is 42.9 Å². The van der Waals surface area contributed by atoms with E-state index in [4.69, 9.17) is 4.74 Å². The number of fused-ring (bicyclic) bond motifs is 2. The second kappa shape index (κ2) is 13.1. The first kappa shape index (κ1) is 34.1. The van der Waals surface area contributed by atoms with Crippen molar-refractivity contribution in [3.8, 4) is 0 Å². The van der Waals surface area contributed by atoms with Gasteiger partial charge in [0.15, 0.2) is 5.60 Å². The van der Waals surface area contributed by atoms with Crippen LogP contribution >= 0.6 is 0 Å². The molecule has 0 saturated carbocycles. The van der Waals surface area contributed by atoms with Crippen LogP contribution in [-0.2, 0) is 42.6 Å². The summed E-state index contributed by atoms with van der Waals surface area (Å²) in [6.07, 6.45) is -0.0989. The predicted octanol–water partition coefficient (Wildman–Crippen LogP) is 4.89. The Morgan fingerprint density at radius 1 is 0.940 bits per heavy atom. The van der Waals surface area contributed by atoms with Crippen LogP contribution in [0.4, 0.5) is 21.2 Å². The molecule has 1 spiro atoms. The van der Waals surface area contributed by atoms with Gasteiger partial charge in [-0.15, -0.1) is 0 Å². The molecule has 4 heterocycles. The maximum atomic E-state index is 16.5. The van der Waals surface area contributed by atoms with Gasteiger partial charge in [-0.1, -0.05) is 49.4 Å². The summed E-state index contributed by atoms with van der Waals surface area (Å²) < 4.78 is 23.4. The predicted molar refractivity (Wildman–Crippen MR) is 190 cm³/mol. The summed E-state index contributed by atoms with van der Waals surface area (Å²) in [5, 5.41) is 9.83. The van der Waals surface area contributed by atoms with Gasteiger partial charge in [0.05, 0.1) is 31.4 Å². The summed E-state index contributed by atoms with van der Waals surface area (Å²) in [5.41, 5.74) is 2.01. The van der Waals surface area contributed by atoms with Crippen LogP contribution in [0, 0.1) is 5.92 Å². The standard InChI is InChI=1S/C38H43FN4O6Si/c1-25-36(50(2,3)39)32(22-35(47)40(18-19-44)23-26-8-5-4-6-9-26)49-38(25)30-21-29(42-17-15-34(42)46)12-13-31(30)43(37(38)48)24-27-10-7-11-28(20-27)41-16-14-33(41)45/h4-13,20-21,25,32,36,44H,14-19,22-24H2,1-3H3/t25-,32+,36-,38+/m1/s1. The molecule has 4 aliphatic rings. The van der Waals surface area contributed by atoms with Gasteiger partial charge in [0.2, 0.25) is 26.1 Å². The summed E-state index contributed by atoms with van der Waals surface area (Å²) in [6.45, 7) is 6.59. The fraction of sp³-hybridized carbons (Fsp3) is 0.421. The first-order chi connectivity index (χ1) is 23.9. The van der Waals surface area contributed by atoms with Crippen molar-refractivity contribution in [2.45, 2.75) is 69.6 Å². The van der Waals surface area contributed by atoms with Gasteiger partial charge in [-0.2, -0.15) is 0 Å². The number of hydrogen-bond acceptors (Lipinski definition) is 6. The van der Waals surface area contributed by atoms with Crippen LogP contribution in [0.2, 0.25) is 18.6 Å². The molecule has 3 fully saturated rings. The van der Waals surface area contributed by atoms with Gasteiger partial charge in [-0.3, -0.25) is 19.2 Å². The average Bonchev–Trinajstić information content (AvgIpc) is 3.49. The Kier molecular flexibility index (Phi) is 8.90. The molecule has 3 aromatic carbocycles. The second-order valence-corrected chi connectivity index (χ2v) is 18.1. The number of benzene rings is 3. The zero-order valence-corrected chi connectivity index (χ0v) is 29.7. The lowest BCUT2D eigenvalue weighted by atomic mass is 9.82. The van der Waals surface area contributed by atoms with Crippen molar-refractivity contribution in [2.24, 2.45) is 5.92 Å². The molecule has 262 valence electrons. The quantitative estimate of drug-likeness (QED) is 0.174. The molecule has 12 heteroatoms. The molecule has 1 N–H and O–H groups in total. The van der Waals surface area contributed by atoms with E-state index >= 15 is 4.11 Å². The molecule has 0 bridgehead atoms. The van der Waals surface area contributed by atoms with Crippen molar-refractivity contribution in [1.82, 2.24) is 4.90 Å². The van der Waals surface area contributed by atoms with Gasteiger partial charge in [-0.25, -0.2) is 0 Å². The monoisotopic (exact) mass is 698 g/mol. The molecular formula is C38H43FN4O6Si. The highest BCUT2D eigenvalue weighted by Gasteiger charge is 2.67. The number of aliphatic hydroxyl groups excluding tert-OH is 1. The lowest BCUT2D eigenvalue weighted by Gasteiger charge is -2.33. The maximum Gasteiger partial charge on any atom is 0.264 e. The van der Waals surface area contributed by atoms with E-state index in [0.717, 1.165) is 16.8 Å². The zero-order chi connectivity index (χ0) is 35.4. The van der Waals surface area contributed by atoms with Crippen molar-refractivity contribution < 1.29 is 33.1 Å². The Balaban J connectivity index is 1.25. The van der Waals surface area contributed by atoms with Crippen molar-refractivity contribution in [3.05, 3.63) is 89.5 Å². The normalized spacial score (nSPS) is 24.5. The van der Waals surface area contributed by atoms with E-state index in [1.165, 1.54) is 0 Å². The average molecular weight is 699 g/mol. The number of β-lactam (4-membered cyclic amide) rings is 2. The smallest absolute Gasteiger partial charge is 0.264 e. The summed E-state index contributed by atoms with van der Waals surface area (Å²) in [4.78, 5) is 60.2. The van der Waals surface area contributed by atoms with E-state index in [0.29, 0.717) is 42.9 Å². The van der Waals surface area contributed by atoms with Crippen molar-refractivity contribution >= 4 is 49.1 Å². The number of nitrogens with zero attached hydrogens (tertiary/aromatic N) is 4. The minimum atomic E-state index is -3.57. The molecule has 3 aromatic rings. The number of carbonyl (C=O) groups is 4. The van der Waals surface area contributed by atoms with Gasteiger partial charge in [0, 0.05) is 67.4 Å². The van der Waals surface area contributed by atoms with Crippen LogP contribution in [0.25, 0.3) is 0 Å². The molecule has 4 amide bonds. The Labute approximate surface area is 292 Å². The highest BCUT2D eigenvalue weighted by atomic mass is 28.4. The molecule has 0 aromatic heterocycles. The highest BCUT2D eigenvalue weighted by Crippen LogP contribution is 2.61. The number of hydrogen-bond donors (Lipinski definition) is 1. The van der Waals surface area contributed by atoms with Gasteiger partial charge in [0.25, 0.3) is 5.91 Å². The Morgan fingerprint density at radius 2 is 1.60 bits per heavy atom. The van der Waals surface area contributed by atoms with E-state index in [1.807, 2.05) is 79.7 Å². The minimum absolute atomic E-state index is 0.0148. The van der Waals surface area contributed by atoms with E-state index in [2.05, 4.69) is 0 Å². The van der Waals surface area contributed by atoms with Crippen LogP contribution in [-0.4, -0.2) is 74.4 Å². The highest BCUT2D eigenvalue weighted by molar-refractivity contribution is 6.72. The molecule has 10 nitrogen and oxygen atoms in total. The van der Waals surface area contributed by atoms with Gasteiger partial charge >= 0.3 is 0 Å². The third-order valence-electron chi connectivity index (χ3n) is 10.8. The molecule has 50 heavy (non-hydrogen) atoms. The Hall–Kier alpha value is -4.39. The van der Waals surface area contributed by atoms with Crippen LogP contribution < -0.4 is 14.7 Å². The molecular weight excluding hydrogens is 656 g/mol. The first-order valence-electron chi connectivity index (χ1n) is 17.4. The number of amides is 4. The number of ether oxygens (including phenoxy) is 1. The molecule has 0 aliphatic carbocycles. The third-order valence-corrected chi connectivity index (χ3v) is 13.3. The van der Waals surface area contributed by atoms with Crippen LogP contribution in [0.5, 0.6) is 0 Å². The van der Waals surface area contributed by atoms with Crippen LogP contribution in [0.15, 0.2) is 72.8 Å². The molecule has 4 aliphatic heterocycles. The Morgan fingerprint density at radius 3 is 2.20 bits per heavy atom. The van der Waals surface area contributed by atoms with E-state index in [9.17, 15) is 24.3 Å². The van der Waals surface area contributed by atoms with Gasteiger partial charge < -0.3 is 33.6 Å². The minimum Gasteiger partial charge on any atom is -0.395 e. The summed E-state index contributed by atoms with van der Waals surface area (Å²) in [5.74, 6) is -1.22. The number of halogens is 1. The van der Waals surface area contributed by atoms with Gasteiger partial charge in [0.1, 0.15) is 0 Å². The Bertz CT molecular complexity index is 1840. The number of aliphatic hydroxyl groups is 1. The fourth-order valence-electron chi connectivity index (χ4n) is 8.26. The topological polar surface area (TPSA) is 111 Å². The zero-order valence-electron chi connectivity index (χ0n) is 28.7. The lowest BCUT2D eigenvalue weighted by molar-refractivity contribution is -0.150. The summed E-state index contributed by atoms with van der Waals surface area (Å²) in [7, 11) is -3.57. The lowest BCUT2D eigenvalue weighted by Crippen LogP contribution is -2.45. The van der Waals surface area contributed by atoms with E-state index in [-0.39, 0.29) is 56.3 Å². The molecule has 7 rings (SSSR count). The van der Waals surface area contributed by atoms with E-state index in [1.54, 1.807) is 32.7 Å². The summed E-state index contributed by atoms with van der Waals surface area (Å²) >= 11 is 0. The molecule has 3 saturated heterocycles. The van der Waals surface area contributed by atoms with Crippen molar-refractivity contribution in [3.63, 3.8) is 0 Å². The van der Waals surface area contributed by atoms with E-state index < -0.39 is 31.6 Å². The number of anilines is 3. The fourth-order valence-corrected chi connectivity index (χ4v) is 10.8. The van der Waals surface area contributed by atoms with Crippen molar-refractivity contribution in [2.75, 3.05) is 40.9 Å². The second-order valence-electron chi connectivity index (χ2n) is 14.4. The largest absolute Gasteiger partial charge is 0.395 e. The first-order valence-corrected chi connectivity index (χ1v) is 20.3.